The Morgan fingerprint density at radius 3 is 1.91 bits per heavy atom. The van der Waals surface area contributed by atoms with Crippen LogP contribution in [0.3, 0.4) is 0 Å². The van der Waals surface area contributed by atoms with E-state index in [1.54, 1.807) is 0 Å². The Morgan fingerprint density at radius 2 is 1.82 bits per heavy atom. The normalized spacial score (nSPS) is 14.1. The Morgan fingerprint density at radius 1 is 1.45 bits per heavy atom. The monoisotopic (exact) mass is 168 g/mol. The van der Waals surface area contributed by atoms with Gasteiger partial charge in [0.1, 0.15) is 0 Å². The van der Waals surface area contributed by atoms with Gasteiger partial charge in [-0.15, -0.1) is 0 Å². The lowest BCUT2D eigenvalue weighted by Crippen LogP contribution is -2.35. The Labute approximate surface area is 61.0 Å². The molecule has 0 aliphatic rings. The van der Waals surface area contributed by atoms with Gasteiger partial charge in [0.05, 0.1) is 11.5 Å². The van der Waals surface area contributed by atoms with Crippen LogP contribution in [0.15, 0.2) is 0 Å². The van der Waals surface area contributed by atoms with Crippen molar-refractivity contribution >= 4 is 0 Å². The Bertz CT molecular complexity index is 118. The minimum absolute atomic E-state index is 0.817. The number of aliphatic hydroxyl groups excluding tert-OH is 3. The fourth-order valence-electron chi connectivity index (χ4n) is 0.235. The highest BCUT2D eigenvalue weighted by molar-refractivity contribution is 4.52. The summed E-state index contributed by atoms with van der Waals surface area (Å²) in [5, 5.41) is 34.3. The van der Waals surface area contributed by atoms with Crippen molar-refractivity contribution in [3.05, 3.63) is 15.0 Å². The van der Waals surface area contributed by atoms with Gasteiger partial charge in [-0.25, -0.2) is 0 Å². The Kier molecular flexibility index (Phi) is 7.98. The maximum absolute atomic E-state index is 9.58. The third-order valence-electron chi connectivity index (χ3n) is 0.747. The van der Waals surface area contributed by atoms with Gasteiger partial charge in [-0.1, -0.05) is 5.59 Å². The molecular formula is C3H8N2O6. The molecule has 11 heavy (non-hydrogen) atoms. The van der Waals surface area contributed by atoms with Crippen molar-refractivity contribution < 1.29 is 20.2 Å². The molecule has 0 rings (SSSR count). The molecule has 0 radical (unpaired) electrons. The highest BCUT2D eigenvalue weighted by atomic mass is 16.7. The molecule has 0 aromatic rings. The van der Waals surface area contributed by atoms with Gasteiger partial charge in [0.15, 0.2) is 6.10 Å². The number of nitrogens with one attached hydrogen (secondary N) is 1. The zero-order valence-corrected chi connectivity index (χ0v) is 5.38. The van der Waals surface area contributed by atoms with Gasteiger partial charge in [0, 0.05) is 0 Å². The molecular weight excluding hydrogens is 160 g/mol. The molecule has 0 aromatic carbocycles. The van der Waals surface area contributed by atoms with Crippen molar-refractivity contribution in [1.82, 2.24) is 0 Å². The molecule has 8 nitrogen and oxygen atoms in total. The predicted molar refractivity (Wildman–Crippen MR) is 32.2 cm³/mol. The molecule has 2 unspecified atom stereocenters. The topological polar surface area (TPSA) is 145 Å². The largest absolute Gasteiger partial charge is 0.393 e. The van der Waals surface area contributed by atoms with E-state index in [0.717, 1.165) is 0 Å². The van der Waals surface area contributed by atoms with Crippen molar-refractivity contribution in [3.8, 4) is 0 Å². The molecule has 0 aliphatic carbocycles. The van der Waals surface area contributed by atoms with Crippen molar-refractivity contribution in [2.75, 3.05) is 6.61 Å². The third-order valence-corrected chi connectivity index (χ3v) is 0.747. The lowest BCUT2D eigenvalue weighted by Gasteiger charge is -2.05. The summed E-state index contributed by atoms with van der Waals surface area (Å²) in [5.74, 6) is 0. The van der Waals surface area contributed by atoms with E-state index in [1.807, 2.05) is 0 Å². The average molecular weight is 168 g/mol. The van der Waals surface area contributed by atoms with Crippen LogP contribution >= 0.6 is 0 Å². The third kappa shape index (κ3) is 5.33. The van der Waals surface area contributed by atoms with Crippen molar-refractivity contribution in [3.63, 3.8) is 0 Å². The summed E-state index contributed by atoms with van der Waals surface area (Å²) in [7, 11) is 0. The van der Waals surface area contributed by atoms with Crippen LogP contribution in [0.4, 0.5) is 0 Å². The molecule has 8 heteroatoms. The Balaban J connectivity index is 0. The van der Waals surface area contributed by atoms with E-state index in [0.29, 0.717) is 0 Å². The molecule has 0 saturated heterocycles. The highest BCUT2D eigenvalue weighted by Gasteiger charge is 2.25. The molecule has 2 atom stereocenters. The minimum Gasteiger partial charge on any atom is -0.393 e. The second-order valence-electron chi connectivity index (χ2n) is 1.45. The van der Waals surface area contributed by atoms with Gasteiger partial charge < -0.3 is 15.3 Å². The summed E-state index contributed by atoms with van der Waals surface area (Å²) in [6.45, 7) is -0.817. The Hall–Kier alpha value is -1.12. The predicted octanol–water partition coefficient (Wildman–Crippen LogP) is -1.73. The molecule has 0 saturated carbocycles. The van der Waals surface area contributed by atoms with Crippen LogP contribution in [0.1, 0.15) is 0 Å². The number of hydrogen-bond donors (Lipinski definition) is 4. The standard InChI is InChI=1S/C3H7NO5.HNO/c5-1-2(6)3(7)4(8)9;1-2/h2-3,5-7H,1H2;1H. The van der Waals surface area contributed by atoms with Gasteiger partial charge in [0.2, 0.25) is 0 Å². The summed E-state index contributed by atoms with van der Waals surface area (Å²) in [4.78, 5) is 16.0. The van der Waals surface area contributed by atoms with Crippen molar-refractivity contribution in [2.24, 2.45) is 0 Å². The van der Waals surface area contributed by atoms with Crippen molar-refractivity contribution in [2.45, 2.75) is 12.3 Å². The zero-order chi connectivity index (χ0) is 9.44. The van der Waals surface area contributed by atoms with E-state index in [-0.39, 0.29) is 0 Å². The first-order chi connectivity index (χ1) is 5.09. The van der Waals surface area contributed by atoms with Crippen molar-refractivity contribution in [1.29, 1.82) is 5.59 Å². The van der Waals surface area contributed by atoms with Crippen LogP contribution in [0, 0.1) is 20.6 Å². The van der Waals surface area contributed by atoms with Crippen LogP contribution in [-0.4, -0.2) is 39.2 Å². The smallest absolute Gasteiger partial charge is 0.341 e. The van der Waals surface area contributed by atoms with E-state index in [2.05, 4.69) is 5.59 Å². The van der Waals surface area contributed by atoms with E-state index in [9.17, 15) is 10.1 Å². The van der Waals surface area contributed by atoms with Gasteiger partial charge in [-0.3, -0.25) is 10.1 Å². The molecule has 0 spiro atoms. The first-order valence-corrected chi connectivity index (χ1v) is 2.40. The second-order valence-corrected chi connectivity index (χ2v) is 1.45. The first-order valence-electron chi connectivity index (χ1n) is 2.40. The van der Waals surface area contributed by atoms with Crippen LogP contribution in [0.2, 0.25) is 0 Å². The van der Waals surface area contributed by atoms with Crippen LogP contribution < -0.4 is 0 Å². The average Bonchev–Trinajstić information content (AvgIpc) is 2.05. The zero-order valence-electron chi connectivity index (χ0n) is 5.38. The SMILES string of the molecule is N=O.O=[N+]([O-])C(O)C(O)CO. The number of nitro groups is 1. The maximum atomic E-state index is 9.58. The lowest BCUT2D eigenvalue weighted by atomic mass is 10.3. The summed E-state index contributed by atoms with van der Waals surface area (Å²) in [5.41, 5.74) is 4.50. The molecule has 0 bridgehead atoms. The maximum Gasteiger partial charge on any atom is 0.341 e. The summed E-state index contributed by atoms with van der Waals surface area (Å²) in [6, 6.07) is 0. The second kappa shape index (κ2) is 6.99. The van der Waals surface area contributed by atoms with Gasteiger partial charge in [-0.2, -0.15) is 4.91 Å². The van der Waals surface area contributed by atoms with Crippen LogP contribution in [0.25, 0.3) is 0 Å². The van der Waals surface area contributed by atoms with Gasteiger partial charge in [-0.05, 0) is 0 Å². The number of hydrogen-bond acceptors (Lipinski definition) is 7. The van der Waals surface area contributed by atoms with E-state index < -0.39 is 23.9 Å². The van der Waals surface area contributed by atoms with Crippen LogP contribution in [0.5, 0.6) is 0 Å². The van der Waals surface area contributed by atoms with Crippen LogP contribution in [-0.2, 0) is 0 Å². The number of nitrogens with zero attached hydrogens (tertiary/aromatic N) is 1. The van der Waals surface area contributed by atoms with E-state index in [4.69, 9.17) is 20.2 Å². The molecule has 0 aliphatic heterocycles. The van der Waals surface area contributed by atoms with E-state index >= 15 is 0 Å². The molecule has 0 aromatic heterocycles. The highest BCUT2D eigenvalue weighted by Crippen LogP contribution is 1.91. The number of aliphatic hydroxyl groups is 3. The number of nitroso groups, excluding NO2 is 1. The molecule has 0 amide bonds. The molecule has 66 valence electrons. The molecule has 0 heterocycles. The molecule has 4 N–H and O–H groups in total. The summed E-state index contributed by atoms with van der Waals surface area (Å²) in [6.07, 6.45) is -3.78. The lowest BCUT2D eigenvalue weighted by molar-refractivity contribution is -0.583. The minimum atomic E-state index is -2.09. The quantitative estimate of drug-likeness (QED) is 0.170. The summed E-state index contributed by atoms with van der Waals surface area (Å²) >= 11 is 0. The molecule has 0 fully saturated rings. The fraction of sp³-hybridized carbons (Fsp3) is 1.00. The summed E-state index contributed by atoms with van der Waals surface area (Å²) < 4.78 is 0. The van der Waals surface area contributed by atoms with Gasteiger partial charge >= 0.3 is 6.23 Å². The van der Waals surface area contributed by atoms with E-state index in [1.165, 1.54) is 0 Å². The fourth-order valence-corrected chi connectivity index (χ4v) is 0.235. The van der Waals surface area contributed by atoms with Gasteiger partial charge in [0.25, 0.3) is 0 Å². The number of rotatable bonds is 3. The first kappa shape index (κ1) is 12.5.